The van der Waals surface area contributed by atoms with Crippen LogP contribution < -0.4 is 15.9 Å². The smallest absolute Gasteiger partial charge is 0.324 e. The van der Waals surface area contributed by atoms with Crippen LogP contribution in [0.15, 0.2) is 36.4 Å². The maximum Gasteiger partial charge on any atom is 0.324 e. The highest BCUT2D eigenvalue weighted by molar-refractivity contribution is 6.68. The maximum atomic E-state index is 6.02. The molecule has 0 aliphatic carbocycles. The van der Waals surface area contributed by atoms with Crippen molar-refractivity contribution in [2.24, 2.45) is 5.73 Å². The quantitative estimate of drug-likeness (QED) is 0.879. The largest absolute Gasteiger partial charge is 0.457 e. The molecule has 0 radical (unpaired) electrons. The molecular weight excluding hydrogens is 261 g/mol. The highest BCUT2D eigenvalue weighted by Gasteiger charge is 2.26. The van der Waals surface area contributed by atoms with Crippen LogP contribution in [0.4, 0.5) is 0 Å². The number of ether oxygens (including phenoxy) is 1. The Balaban J connectivity index is 1.87. The van der Waals surface area contributed by atoms with Gasteiger partial charge in [0.2, 0.25) is 0 Å². The van der Waals surface area contributed by atoms with Crippen molar-refractivity contribution in [1.82, 2.24) is 0 Å². The lowest BCUT2D eigenvalue weighted by atomic mass is 9.62. The number of nitrogens with two attached hydrogens (primary N) is 1. The first-order chi connectivity index (χ1) is 10.1. The van der Waals surface area contributed by atoms with Crippen molar-refractivity contribution in [2.75, 3.05) is 0 Å². The lowest BCUT2D eigenvalue weighted by Crippen LogP contribution is -2.27. The van der Waals surface area contributed by atoms with Gasteiger partial charge < -0.3 is 15.1 Å². The van der Waals surface area contributed by atoms with Crippen LogP contribution in [-0.2, 0) is 11.3 Å². The lowest BCUT2D eigenvalue weighted by molar-refractivity contribution is 0.333. The van der Waals surface area contributed by atoms with E-state index < -0.39 is 0 Å². The summed E-state index contributed by atoms with van der Waals surface area (Å²) in [5.74, 6) is 1.72. The van der Waals surface area contributed by atoms with E-state index in [1.165, 1.54) is 11.0 Å². The van der Waals surface area contributed by atoms with Gasteiger partial charge in [0.1, 0.15) is 11.5 Å². The van der Waals surface area contributed by atoms with Gasteiger partial charge in [-0.25, -0.2) is 0 Å². The predicted molar refractivity (Wildman–Crippen MR) is 86.3 cm³/mol. The summed E-state index contributed by atoms with van der Waals surface area (Å²) in [4.78, 5) is 0. The van der Waals surface area contributed by atoms with Crippen molar-refractivity contribution < 1.29 is 9.39 Å². The number of rotatable bonds is 3. The van der Waals surface area contributed by atoms with Crippen LogP contribution in [0, 0.1) is 6.92 Å². The molecule has 2 aromatic carbocycles. The Morgan fingerprint density at radius 1 is 1.19 bits per heavy atom. The molecule has 1 heterocycles. The molecule has 0 bridgehead atoms. The van der Waals surface area contributed by atoms with Gasteiger partial charge in [-0.05, 0) is 54.2 Å². The van der Waals surface area contributed by atoms with Crippen LogP contribution in [0.1, 0.15) is 29.7 Å². The van der Waals surface area contributed by atoms with E-state index >= 15 is 0 Å². The summed E-state index contributed by atoms with van der Waals surface area (Å²) in [6, 6.07) is 12.1. The molecule has 0 spiro atoms. The third-order valence-electron chi connectivity index (χ3n) is 4.08. The molecule has 0 amide bonds. The Kier molecular flexibility index (Phi) is 3.74. The topological polar surface area (TPSA) is 44.5 Å². The zero-order valence-electron chi connectivity index (χ0n) is 12.7. The SMILES string of the molecule is CB1OCc2ccc(Oc3ccc([C@@H](C)N)cc3)c(C)c21. The van der Waals surface area contributed by atoms with Crippen molar-refractivity contribution in [1.29, 1.82) is 0 Å². The third kappa shape index (κ3) is 2.69. The fraction of sp³-hybridized carbons (Fsp3) is 0.294. The van der Waals surface area contributed by atoms with Crippen LogP contribution in [0.5, 0.6) is 11.5 Å². The zero-order chi connectivity index (χ0) is 15.0. The predicted octanol–water partition coefficient (Wildman–Crippen LogP) is 3.17. The second-order valence-electron chi connectivity index (χ2n) is 5.67. The summed E-state index contributed by atoms with van der Waals surface area (Å²) >= 11 is 0. The Morgan fingerprint density at radius 2 is 1.90 bits per heavy atom. The molecule has 4 heteroatoms. The Morgan fingerprint density at radius 3 is 2.57 bits per heavy atom. The zero-order valence-corrected chi connectivity index (χ0v) is 12.7. The fourth-order valence-electron chi connectivity index (χ4n) is 2.83. The third-order valence-corrected chi connectivity index (χ3v) is 4.08. The number of benzene rings is 2. The highest BCUT2D eigenvalue weighted by atomic mass is 16.5. The van der Waals surface area contributed by atoms with E-state index in [0.29, 0.717) is 6.61 Å². The van der Waals surface area contributed by atoms with Gasteiger partial charge in [-0.1, -0.05) is 25.0 Å². The monoisotopic (exact) mass is 281 g/mol. The van der Waals surface area contributed by atoms with E-state index in [9.17, 15) is 0 Å². The molecule has 0 saturated heterocycles. The minimum absolute atomic E-state index is 0.0405. The molecule has 0 saturated carbocycles. The van der Waals surface area contributed by atoms with Gasteiger partial charge >= 0.3 is 6.92 Å². The molecule has 3 nitrogen and oxygen atoms in total. The van der Waals surface area contributed by atoms with E-state index in [4.69, 9.17) is 15.1 Å². The van der Waals surface area contributed by atoms with Crippen LogP contribution in [0.25, 0.3) is 0 Å². The second-order valence-corrected chi connectivity index (χ2v) is 5.67. The van der Waals surface area contributed by atoms with Crippen LogP contribution in [0.3, 0.4) is 0 Å². The molecule has 0 fully saturated rings. The van der Waals surface area contributed by atoms with E-state index in [1.807, 2.05) is 37.3 Å². The van der Waals surface area contributed by atoms with Crippen LogP contribution >= 0.6 is 0 Å². The standard InChI is InChI=1S/C17H20BNO2/c1-11-16(9-6-14-10-20-18(3)17(11)14)21-15-7-4-13(5-8-15)12(2)19/h4-9,12H,10,19H2,1-3H3/t12-/m1/s1. The molecule has 0 unspecified atom stereocenters. The lowest BCUT2D eigenvalue weighted by Gasteiger charge is -2.13. The highest BCUT2D eigenvalue weighted by Crippen LogP contribution is 2.28. The summed E-state index contributed by atoms with van der Waals surface area (Å²) in [6.45, 7) is 6.99. The van der Waals surface area contributed by atoms with Gasteiger partial charge in [0.05, 0.1) is 6.61 Å². The minimum Gasteiger partial charge on any atom is -0.457 e. The average Bonchev–Trinajstić information content (AvgIpc) is 2.85. The van der Waals surface area contributed by atoms with Crippen molar-refractivity contribution in [2.45, 2.75) is 33.3 Å². The Bertz CT molecular complexity index is 653. The molecule has 3 rings (SSSR count). The number of hydrogen-bond acceptors (Lipinski definition) is 3. The summed E-state index contributed by atoms with van der Waals surface area (Å²) in [7, 11) is 0. The summed E-state index contributed by atoms with van der Waals surface area (Å²) in [5.41, 5.74) is 10.7. The summed E-state index contributed by atoms with van der Waals surface area (Å²) < 4.78 is 11.7. The van der Waals surface area contributed by atoms with Crippen LogP contribution in [0.2, 0.25) is 6.82 Å². The molecule has 0 aromatic heterocycles. The van der Waals surface area contributed by atoms with E-state index in [0.717, 1.165) is 22.6 Å². The first kappa shape index (κ1) is 14.2. The second kappa shape index (κ2) is 5.55. The van der Waals surface area contributed by atoms with Gasteiger partial charge in [-0.2, -0.15) is 0 Å². The normalized spacial score (nSPS) is 15.0. The van der Waals surface area contributed by atoms with Gasteiger partial charge in [0.15, 0.2) is 0 Å². The van der Waals surface area contributed by atoms with Crippen molar-refractivity contribution in [3.05, 3.63) is 53.1 Å². The molecule has 1 aliphatic rings. The number of fused-ring (bicyclic) bond motifs is 1. The fourth-order valence-corrected chi connectivity index (χ4v) is 2.83. The molecule has 1 aliphatic heterocycles. The first-order valence-corrected chi connectivity index (χ1v) is 7.33. The van der Waals surface area contributed by atoms with Gasteiger partial charge in [-0.15, -0.1) is 0 Å². The van der Waals surface area contributed by atoms with E-state index in [-0.39, 0.29) is 13.0 Å². The minimum atomic E-state index is 0.0405. The first-order valence-electron chi connectivity index (χ1n) is 7.33. The van der Waals surface area contributed by atoms with Crippen LogP contribution in [-0.4, -0.2) is 6.92 Å². The van der Waals surface area contributed by atoms with Gasteiger partial charge in [-0.3, -0.25) is 0 Å². The van der Waals surface area contributed by atoms with Gasteiger partial charge in [0, 0.05) is 6.04 Å². The maximum absolute atomic E-state index is 6.02. The van der Waals surface area contributed by atoms with Crippen molar-refractivity contribution in [3.63, 3.8) is 0 Å². The molecule has 2 N–H and O–H groups in total. The Labute approximate surface area is 126 Å². The van der Waals surface area contributed by atoms with E-state index in [2.05, 4.69) is 19.8 Å². The molecular formula is C17H20BNO2. The average molecular weight is 281 g/mol. The van der Waals surface area contributed by atoms with E-state index in [1.54, 1.807) is 0 Å². The molecule has 108 valence electrons. The van der Waals surface area contributed by atoms with Crippen molar-refractivity contribution >= 4 is 12.4 Å². The summed E-state index contributed by atoms with van der Waals surface area (Å²) in [6.07, 6.45) is 0. The molecule has 2 aromatic rings. The molecule has 1 atom stereocenters. The number of hydrogen-bond donors (Lipinski definition) is 1. The van der Waals surface area contributed by atoms with Gasteiger partial charge in [0.25, 0.3) is 0 Å². The Hall–Kier alpha value is -1.78. The van der Waals surface area contributed by atoms with Crippen molar-refractivity contribution in [3.8, 4) is 11.5 Å². The molecule has 21 heavy (non-hydrogen) atoms. The summed E-state index contributed by atoms with van der Waals surface area (Å²) in [5, 5.41) is 0.